The summed E-state index contributed by atoms with van der Waals surface area (Å²) in [5, 5.41) is 0.915. The molecule has 8 nitrogen and oxygen atoms in total. The monoisotopic (exact) mass is 562 g/mol. The third kappa shape index (κ3) is 7.64. The van der Waals surface area contributed by atoms with Crippen LogP contribution in [0.1, 0.15) is 39.9 Å². The van der Waals surface area contributed by atoms with Crippen molar-refractivity contribution < 1.29 is 38.0 Å². The second-order valence-corrected chi connectivity index (χ2v) is 11.6. The molecule has 0 aliphatic carbocycles. The van der Waals surface area contributed by atoms with Crippen molar-refractivity contribution in [1.29, 1.82) is 0 Å². The van der Waals surface area contributed by atoms with Crippen molar-refractivity contribution in [2.45, 2.75) is 33.3 Å². The van der Waals surface area contributed by atoms with Gasteiger partial charge in [0.05, 0.1) is 12.8 Å². The third-order valence-electron chi connectivity index (χ3n) is 6.02. The van der Waals surface area contributed by atoms with E-state index < -0.39 is 30.6 Å². The summed E-state index contributed by atoms with van der Waals surface area (Å²) in [4.78, 5) is 48.8. The van der Waals surface area contributed by atoms with Crippen LogP contribution in [0.3, 0.4) is 0 Å². The summed E-state index contributed by atoms with van der Waals surface area (Å²) in [6.07, 6.45) is 0.630. The molecule has 0 saturated carbocycles. The highest BCUT2D eigenvalue weighted by Crippen LogP contribution is 2.48. The fourth-order valence-electron chi connectivity index (χ4n) is 4.16. The predicted octanol–water partition coefficient (Wildman–Crippen LogP) is 4.55. The van der Waals surface area contributed by atoms with Crippen LogP contribution >= 0.6 is 7.14 Å². The van der Waals surface area contributed by atoms with E-state index in [-0.39, 0.29) is 32.7 Å². The number of hydrogen-bond acceptors (Lipinski definition) is 8. The Hall–Kier alpha value is -4.29. The zero-order chi connectivity index (χ0) is 29.1. The van der Waals surface area contributed by atoms with E-state index in [1.807, 2.05) is 12.1 Å². The van der Waals surface area contributed by atoms with E-state index >= 15 is 0 Å². The molecule has 0 radical (unpaired) electrons. The van der Waals surface area contributed by atoms with Crippen molar-refractivity contribution in [2.75, 3.05) is 13.2 Å². The molecule has 0 aliphatic heterocycles. The van der Waals surface area contributed by atoms with Crippen LogP contribution in [-0.4, -0.2) is 36.6 Å². The van der Waals surface area contributed by atoms with Gasteiger partial charge in [-0.15, -0.1) is 0 Å². The fraction of sp³-hybridized carbons (Fsp3) is 0.226. The summed E-state index contributed by atoms with van der Waals surface area (Å²) in [5.41, 5.74) is 1.79. The summed E-state index contributed by atoms with van der Waals surface area (Å²) >= 11 is 0. The highest BCUT2D eigenvalue weighted by atomic mass is 31.2. The molecule has 0 unspecified atom stereocenters. The van der Waals surface area contributed by atoms with Gasteiger partial charge >= 0.3 is 17.9 Å². The molecule has 3 rings (SSSR count). The molecule has 0 spiro atoms. The normalized spacial score (nSPS) is 10.8. The molecule has 0 N–H and O–H groups in total. The average Bonchev–Trinajstić information content (AvgIpc) is 2.97. The van der Waals surface area contributed by atoms with Crippen molar-refractivity contribution in [2.24, 2.45) is 0 Å². The van der Waals surface area contributed by atoms with Crippen LogP contribution in [0.2, 0.25) is 0 Å². The first-order valence-electron chi connectivity index (χ1n) is 12.6. The van der Waals surface area contributed by atoms with Crippen LogP contribution in [-0.2, 0) is 39.8 Å². The quantitative estimate of drug-likeness (QED) is 0.0980. The van der Waals surface area contributed by atoms with Gasteiger partial charge < -0.3 is 18.8 Å². The zero-order valence-electron chi connectivity index (χ0n) is 22.5. The first kappa shape index (κ1) is 30.3. The standard InChI is InChI=1S/C31H31O8P/c1-4-27(32)37-17-18-38-28(33)15-16-29(34)39-21-24-19-22(2)30(23(3)20-24)31(35)40(36,25-11-7-5-8-12-25)26-13-9-6-10-14-26/h4-14,19-20H,1,15-18,21H2,2-3H3. The Morgan fingerprint density at radius 3 is 1.73 bits per heavy atom. The molecule has 3 aromatic carbocycles. The summed E-state index contributed by atoms with van der Waals surface area (Å²) in [7, 11) is -3.67. The van der Waals surface area contributed by atoms with Gasteiger partial charge in [-0.05, 0) is 30.5 Å². The number of carbonyl (C=O) groups excluding carboxylic acids is 4. The Kier molecular flexibility index (Phi) is 10.7. The molecule has 0 saturated heterocycles. The van der Waals surface area contributed by atoms with Crippen LogP contribution in [0.4, 0.5) is 0 Å². The largest absolute Gasteiger partial charge is 0.462 e. The Morgan fingerprint density at radius 1 is 0.750 bits per heavy atom. The van der Waals surface area contributed by atoms with E-state index in [9.17, 15) is 23.7 Å². The topological polar surface area (TPSA) is 113 Å². The SMILES string of the molecule is C=CC(=O)OCCOC(=O)CCC(=O)OCc1cc(C)c(C(=O)P(=O)(c2ccccc2)c2ccccc2)c(C)c1. The Morgan fingerprint density at radius 2 is 1.23 bits per heavy atom. The van der Waals surface area contributed by atoms with E-state index in [0.717, 1.165) is 6.08 Å². The van der Waals surface area contributed by atoms with E-state index in [2.05, 4.69) is 6.58 Å². The second-order valence-electron chi connectivity index (χ2n) is 8.94. The van der Waals surface area contributed by atoms with Gasteiger partial charge in [0.15, 0.2) is 0 Å². The number of carbonyl (C=O) groups is 4. The minimum absolute atomic E-state index is 0.0590. The molecule has 40 heavy (non-hydrogen) atoms. The highest BCUT2D eigenvalue weighted by Gasteiger charge is 2.38. The molecular weight excluding hydrogens is 531 g/mol. The van der Waals surface area contributed by atoms with Crippen molar-refractivity contribution in [3.8, 4) is 0 Å². The molecule has 0 fully saturated rings. The lowest BCUT2D eigenvalue weighted by atomic mass is 10.0. The van der Waals surface area contributed by atoms with Crippen molar-refractivity contribution in [3.63, 3.8) is 0 Å². The van der Waals surface area contributed by atoms with Crippen LogP contribution in [0.15, 0.2) is 85.5 Å². The first-order chi connectivity index (χ1) is 19.2. The Bertz CT molecular complexity index is 1360. The van der Waals surface area contributed by atoms with E-state index in [0.29, 0.717) is 32.9 Å². The van der Waals surface area contributed by atoms with Crippen LogP contribution < -0.4 is 10.6 Å². The lowest BCUT2D eigenvalue weighted by Gasteiger charge is -2.21. The molecule has 0 bridgehead atoms. The number of esters is 3. The molecule has 0 aromatic heterocycles. The number of benzene rings is 3. The number of ether oxygens (including phenoxy) is 3. The van der Waals surface area contributed by atoms with Gasteiger partial charge in [-0.3, -0.25) is 14.4 Å². The molecule has 3 aromatic rings. The molecular formula is C31H31O8P. The highest BCUT2D eigenvalue weighted by molar-refractivity contribution is 7.93. The van der Waals surface area contributed by atoms with Gasteiger partial charge in [-0.1, -0.05) is 79.4 Å². The molecule has 0 atom stereocenters. The fourth-order valence-corrected chi connectivity index (χ4v) is 6.78. The van der Waals surface area contributed by atoms with Crippen molar-refractivity contribution in [3.05, 3.63) is 108 Å². The summed E-state index contributed by atoms with van der Waals surface area (Å²) in [5.74, 6) is -1.84. The van der Waals surface area contributed by atoms with E-state index in [4.69, 9.17) is 14.2 Å². The van der Waals surface area contributed by atoms with Gasteiger partial charge in [-0.25, -0.2) is 4.79 Å². The summed E-state index contributed by atoms with van der Waals surface area (Å²) < 4.78 is 29.4. The third-order valence-corrected chi connectivity index (χ3v) is 8.87. The first-order valence-corrected chi connectivity index (χ1v) is 14.3. The minimum atomic E-state index is -3.67. The molecule has 0 heterocycles. The van der Waals surface area contributed by atoms with Crippen LogP contribution in [0.25, 0.3) is 0 Å². The van der Waals surface area contributed by atoms with Gasteiger partial charge in [0.1, 0.15) is 19.8 Å². The maximum Gasteiger partial charge on any atom is 0.330 e. The van der Waals surface area contributed by atoms with Crippen LogP contribution in [0, 0.1) is 13.8 Å². The lowest BCUT2D eigenvalue weighted by molar-refractivity contribution is -0.153. The van der Waals surface area contributed by atoms with Crippen molar-refractivity contribution in [1.82, 2.24) is 0 Å². The van der Waals surface area contributed by atoms with E-state index in [1.54, 1.807) is 74.5 Å². The van der Waals surface area contributed by atoms with Gasteiger partial charge in [0, 0.05) is 22.2 Å². The Labute approximate surface area is 233 Å². The van der Waals surface area contributed by atoms with Crippen molar-refractivity contribution >= 4 is 41.2 Å². The number of hydrogen-bond donors (Lipinski definition) is 0. The average molecular weight is 563 g/mol. The Balaban J connectivity index is 1.66. The minimum Gasteiger partial charge on any atom is -0.462 e. The molecule has 0 amide bonds. The van der Waals surface area contributed by atoms with Gasteiger partial charge in [0.2, 0.25) is 12.7 Å². The van der Waals surface area contributed by atoms with Gasteiger partial charge in [0.25, 0.3) is 0 Å². The summed E-state index contributed by atoms with van der Waals surface area (Å²) in [6.45, 7) is 6.48. The lowest BCUT2D eigenvalue weighted by Crippen LogP contribution is -2.23. The van der Waals surface area contributed by atoms with Gasteiger partial charge in [-0.2, -0.15) is 0 Å². The molecule has 208 valence electrons. The predicted molar refractivity (Wildman–Crippen MR) is 151 cm³/mol. The van der Waals surface area contributed by atoms with E-state index in [1.165, 1.54) is 0 Å². The maximum absolute atomic E-state index is 14.5. The smallest absolute Gasteiger partial charge is 0.330 e. The van der Waals surface area contributed by atoms with Crippen LogP contribution in [0.5, 0.6) is 0 Å². The summed E-state index contributed by atoms with van der Waals surface area (Å²) in [6, 6.07) is 20.9. The zero-order valence-corrected chi connectivity index (χ0v) is 23.4. The number of rotatable bonds is 13. The molecule has 0 aliphatic rings. The molecule has 9 heteroatoms. The number of aryl methyl sites for hydroxylation is 2. The second kappa shape index (κ2) is 14.2. The maximum atomic E-state index is 14.5.